The Labute approximate surface area is 109 Å². The fraction of sp³-hybridized carbons (Fsp3) is 0.533. The quantitative estimate of drug-likeness (QED) is 0.883. The average Bonchev–Trinajstić information content (AvgIpc) is 2.64. The first kappa shape index (κ1) is 12.9. The van der Waals surface area contributed by atoms with E-state index < -0.39 is 0 Å². The number of benzene rings is 1. The lowest BCUT2D eigenvalue weighted by Gasteiger charge is -2.24. The maximum Gasteiger partial charge on any atom is 0.239 e. The topological polar surface area (TPSA) is 32.3 Å². The van der Waals surface area contributed by atoms with Crippen LogP contribution in [0.4, 0.5) is 5.69 Å². The van der Waals surface area contributed by atoms with Crippen LogP contribution in [0.1, 0.15) is 26.3 Å². The molecule has 2 rings (SSSR count). The van der Waals surface area contributed by atoms with Gasteiger partial charge in [-0.25, -0.2) is 0 Å². The van der Waals surface area contributed by atoms with Gasteiger partial charge in [-0.2, -0.15) is 0 Å². The van der Waals surface area contributed by atoms with Crippen molar-refractivity contribution in [3.05, 3.63) is 29.8 Å². The first-order valence-electron chi connectivity index (χ1n) is 6.69. The van der Waals surface area contributed by atoms with Crippen LogP contribution >= 0.6 is 0 Å². The molecular formula is C15H22N2O. The summed E-state index contributed by atoms with van der Waals surface area (Å²) in [6.45, 7) is 7.60. The Kier molecular flexibility index (Phi) is 3.90. The highest BCUT2D eigenvalue weighted by atomic mass is 16.2. The molecule has 0 aromatic heterocycles. The fourth-order valence-electron chi connectivity index (χ4n) is 2.40. The third-order valence-electron chi connectivity index (χ3n) is 3.37. The summed E-state index contributed by atoms with van der Waals surface area (Å²) in [7, 11) is 0. The minimum atomic E-state index is 0.118. The van der Waals surface area contributed by atoms with Crippen LogP contribution in [-0.4, -0.2) is 25.0 Å². The Balaban J connectivity index is 1.99. The summed E-state index contributed by atoms with van der Waals surface area (Å²) >= 11 is 0. The standard InChI is InChI=1S/C15H22N2O/c1-11(2)9-16-15(18)10-17-12(3)8-13-6-4-5-7-14(13)17/h4-7,11-12H,8-10H2,1-3H3,(H,16,18)/t12-/m0/s1. The Hall–Kier alpha value is -1.51. The molecule has 1 aromatic carbocycles. The zero-order valence-electron chi connectivity index (χ0n) is 11.4. The Morgan fingerprint density at radius 2 is 2.17 bits per heavy atom. The van der Waals surface area contributed by atoms with Crippen LogP contribution in [0.2, 0.25) is 0 Å². The molecule has 3 nitrogen and oxygen atoms in total. The van der Waals surface area contributed by atoms with E-state index in [2.05, 4.69) is 49.2 Å². The van der Waals surface area contributed by atoms with E-state index in [1.165, 1.54) is 11.3 Å². The molecule has 0 aliphatic carbocycles. The highest BCUT2D eigenvalue weighted by Gasteiger charge is 2.26. The summed E-state index contributed by atoms with van der Waals surface area (Å²) in [6, 6.07) is 8.77. The Bertz CT molecular complexity index is 428. The van der Waals surface area contributed by atoms with Gasteiger partial charge in [0.2, 0.25) is 5.91 Å². The van der Waals surface area contributed by atoms with Crippen molar-refractivity contribution in [1.82, 2.24) is 5.32 Å². The van der Waals surface area contributed by atoms with Gasteiger partial charge in [0.1, 0.15) is 0 Å². The third-order valence-corrected chi connectivity index (χ3v) is 3.37. The molecule has 0 unspecified atom stereocenters. The van der Waals surface area contributed by atoms with Crippen molar-refractivity contribution in [3.63, 3.8) is 0 Å². The van der Waals surface area contributed by atoms with Crippen LogP contribution in [0.15, 0.2) is 24.3 Å². The van der Waals surface area contributed by atoms with Crippen molar-refractivity contribution in [2.24, 2.45) is 5.92 Å². The SMILES string of the molecule is CC(C)CNC(=O)CN1c2ccccc2C[C@@H]1C. The zero-order valence-corrected chi connectivity index (χ0v) is 11.4. The molecule has 0 spiro atoms. The summed E-state index contributed by atoms with van der Waals surface area (Å²) in [6.07, 6.45) is 1.04. The largest absolute Gasteiger partial charge is 0.359 e. The zero-order chi connectivity index (χ0) is 13.1. The molecule has 0 radical (unpaired) electrons. The van der Waals surface area contributed by atoms with Gasteiger partial charge in [0, 0.05) is 18.3 Å². The molecule has 98 valence electrons. The number of nitrogens with zero attached hydrogens (tertiary/aromatic N) is 1. The van der Waals surface area contributed by atoms with Crippen molar-refractivity contribution in [1.29, 1.82) is 0 Å². The second kappa shape index (κ2) is 5.42. The number of carbonyl (C=O) groups is 1. The number of carbonyl (C=O) groups excluding carboxylic acids is 1. The van der Waals surface area contributed by atoms with E-state index in [1.54, 1.807) is 0 Å². The molecule has 1 heterocycles. The number of nitrogens with one attached hydrogen (secondary N) is 1. The van der Waals surface area contributed by atoms with E-state index in [-0.39, 0.29) is 5.91 Å². The lowest BCUT2D eigenvalue weighted by molar-refractivity contribution is -0.120. The molecule has 1 aliphatic heterocycles. The lowest BCUT2D eigenvalue weighted by Crippen LogP contribution is -2.41. The second-order valence-electron chi connectivity index (χ2n) is 5.51. The lowest BCUT2D eigenvalue weighted by atomic mass is 10.1. The highest BCUT2D eigenvalue weighted by molar-refractivity contribution is 5.82. The highest BCUT2D eigenvalue weighted by Crippen LogP contribution is 2.31. The van der Waals surface area contributed by atoms with Crippen molar-refractivity contribution < 1.29 is 4.79 Å². The van der Waals surface area contributed by atoms with Crippen molar-refractivity contribution in [3.8, 4) is 0 Å². The van der Waals surface area contributed by atoms with Crippen LogP contribution in [0.5, 0.6) is 0 Å². The molecule has 1 amide bonds. The second-order valence-corrected chi connectivity index (χ2v) is 5.51. The van der Waals surface area contributed by atoms with Crippen LogP contribution in [0, 0.1) is 5.92 Å². The fourth-order valence-corrected chi connectivity index (χ4v) is 2.40. The monoisotopic (exact) mass is 246 g/mol. The number of anilines is 1. The number of para-hydroxylation sites is 1. The summed E-state index contributed by atoms with van der Waals surface area (Å²) in [5.41, 5.74) is 2.56. The van der Waals surface area contributed by atoms with Gasteiger partial charge >= 0.3 is 0 Å². The number of rotatable bonds is 4. The van der Waals surface area contributed by atoms with Crippen LogP contribution < -0.4 is 10.2 Å². The van der Waals surface area contributed by atoms with Gasteiger partial charge < -0.3 is 10.2 Å². The molecule has 1 N–H and O–H groups in total. The molecule has 3 heteroatoms. The molecule has 0 bridgehead atoms. The maximum absolute atomic E-state index is 11.9. The minimum Gasteiger partial charge on any atom is -0.359 e. The van der Waals surface area contributed by atoms with E-state index in [1.807, 2.05) is 6.07 Å². The number of amides is 1. The van der Waals surface area contributed by atoms with E-state index in [4.69, 9.17) is 0 Å². The van der Waals surface area contributed by atoms with Crippen molar-refractivity contribution in [2.75, 3.05) is 18.0 Å². The molecule has 18 heavy (non-hydrogen) atoms. The van der Waals surface area contributed by atoms with E-state index >= 15 is 0 Å². The molecule has 0 fully saturated rings. The molecular weight excluding hydrogens is 224 g/mol. The predicted molar refractivity (Wildman–Crippen MR) is 74.8 cm³/mol. The van der Waals surface area contributed by atoms with E-state index in [9.17, 15) is 4.79 Å². The first-order valence-corrected chi connectivity index (χ1v) is 6.69. The Morgan fingerprint density at radius 3 is 2.89 bits per heavy atom. The van der Waals surface area contributed by atoms with Gasteiger partial charge in [-0.15, -0.1) is 0 Å². The van der Waals surface area contributed by atoms with Gasteiger partial charge in [0.05, 0.1) is 6.54 Å². The molecule has 1 aliphatic rings. The minimum absolute atomic E-state index is 0.118. The van der Waals surface area contributed by atoms with Crippen molar-refractivity contribution >= 4 is 11.6 Å². The van der Waals surface area contributed by atoms with Crippen LogP contribution in [-0.2, 0) is 11.2 Å². The third kappa shape index (κ3) is 2.84. The van der Waals surface area contributed by atoms with Gasteiger partial charge in [-0.3, -0.25) is 4.79 Å². The maximum atomic E-state index is 11.9. The van der Waals surface area contributed by atoms with Gasteiger partial charge in [-0.05, 0) is 30.9 Å². The van der Waals surface area contributed by atoms with Gasteiger partial charge in [0.25, 0.3) is 0 Å². The number of hydrogen-bond acceptors (Lipinski definition) is 2. The normalized spacial score (nSPS) is 18.0. The molecule has 0 saturated heterocycles. The molecule has 1 aromatic rings. The predicted octanol–water partition coefficient (Wildman–Crippen LogP) is 2.21. The molecule has 0 saturated carbocycles. The Morgan fingerprint density at radius 1 is 1.44 bits per heavy atom. The smallest absolute Gasteiger partial charge is 0.239 e. The van der Waals surface area contributed by atoms with Gasteiger partial charge in [-0.1, -0.05) is 32.0 Å². The number of hydrogen-bond donors (Lipinski definition) is 1. The summed E-state index contributed by atoms with van der Waals surface area (Å²) < 4.78 is 0. The van der Waals surface area contributed by atoms with Gasteiger partial charge in [0.15, 0.2) is 0 Å². The van der Waals surface area contributed by atoms with Crippen LogP contribution in [0.3, 0.4) is 0 Å². The average molecular weight is 246 g/mol. The molecule has 1 atom stereocenters. The first-order chi connectivity index (χ1) is 8.58. The van der Waals surface area contributed by atoms with E-state index in [0.29, 0.717) is 18.5 Å². The summed E-state index contributed by atoms with van der Waals surface area (Å²) in [4.78, 5) is 14.1. The van der Waals surface area contributed by atoms with Crippen LogP contribution in [0.25, 0.3) is 0 Å². The van der Waals surface area contributed by atoms with Crippen molar-refractivity contribution in [2.45, 2.75) is 33.2 Å². The van der Waals surface area contributed by atoms with E-state index in [0.717, 1.165) is 13.0 Å². The summed E-state index contributed by atoms with van der Waals surface area (Å²) in [5.74, 6) is 0.615. The number of fused-ring (bicyclic) bond motifs is 1. The summed E-state index contributed by atoms with van der Waals surface area (Å²) in [5, 5.41) is 2.98.